The Labute approximate surface area is 619 Å². The molecule has 0 spiro atoms. The van der Waals surface area contributed by atoms with E-state index in [1.807, 2.05) is 0 Å². The summed E-state index contributed by atoms with van der Waals surface area (Å²) in [6.07, 6.45) is 61.0. The van der Waals surface area contributed by atoms with Crippen molar-refractivity contribution in [1.82, 2.24) is 0 Å². The zero-order valence-electron chi connectivity index (χ0n) is 66.4. The predicted molar refractivity (Wildman–Crippen MR) is 414 cm³/mol. The fourth-order valence-electron chi connectivity index (χ4n) is 12.6. The molecule has 6 atom stereocenters. The third kappa shape index (κ3) is 74.7. The maximum atomic E-state index is 13.1. The minimum Gasteiger partial charge on any atom is -0.462 e. The summed E-state index contributed by atoms with van der Waals surface area (Å²) in [5, 5.41) is 10.7. The minimum absolute atomic E-state index is 0.106. The first kappa shape index (κ1) is 99.1. The molecule has 0 heterocycles. The number of rotatable bonds is 80. The van der Waals surface area contributed by atoms with Gasteiger partial charge >= 0.3 is 39.5 Å². The SMILES string of the molecule is CCCCCCCCCCCCCCCCCCCCCCC(=O)O[C@H](COC(=O)CCCCCCCCCCCCCC(C)C)COP(=O)(O)OC[C@@H](O)COP(=O)(O)OC[C@@H](COC(=O)CCCCCCCCCCCCC(C)C)OC(=O)CCCCCCCCCCCCC(C)CC. The van der Waals surface area contributed by atoms with E-state index in [0.717, 1.165) is 108 Å². The number of phosphoric ester groups is 2. The van der Waals surface area contributed by atoms with E-state index in [9.17, 15) is 43.2 Å². The smallest absolute Gasteiger partial charge is 0.462 e. The van der Waals surface area contributed by atoms with E-state index in [0.29, 0.717) is 25.7 Å². The summed E-state index contributed by atoms with van der Waals surface area (Å²) >= 11 is 0. The van der Waals surface area contributed by atoms with Crippen molar-refractivity contribution in [3.63, 3.8) is 0 Å². The molecule has 0 saturated carbocycles. The molecule has 3 N–H and O–H groups in total. The molecule has 0 aliphatic rings. The molecule has 17 nitrogen and oxygen atoms in total. The predicted octanol–water partition coefficient (Wildman–Crippen LogP) is 24.5. The lowest BCUT2D eigenvalue weighted by atomic mass is 9.99. The molecule has 0 bridgehead atoms. The van der Waals surface area contributed by atoms with E-state index >= 15 is 0 Å². The van der Waals surface area contributed by atoms with Crippen LogP contribution in [0.4, 0.5) is 0 Å². The monoisotopic (exact) mass is 1480 g/mol. The number of carbonyl (C=O) groups excluding carboxylic acids is 4. The topological polar surface area (TPSA) is 237 Å². The van der Waals surface area contributed by atoms with E-state index in [1.54, 1.807) is 0 Å². The molecule has 0 radical (unpaired) electrons. The van der Waals surface area contributed by atoms with Gasteiger partial charge in [-0.15, -0.1) is 0 Å². The van der Waals surface area contributed by atoms with Crippen molar-refractivity contribution in [3.8, 4) is 0 Å². The van der Waals surface area contributed by atoms with Gasteiger partial charge < -0.3 is 33.8 Å². The molecule has 0 aromatic rings. The van der Waals surface area contributed by atoms with Gasteiger partial charge in [0.15, 0.2) is 12.2 Å². The maximum Gasteiger partial charge on any atom is 0.472 e. The number of ether oxygens (including phenoxy) is 4. The lowest BCUT2D eigenvalue weighted by Crippen LogP contribution is -2.30. The average molecular weight is 1480 g/mol. The largest absolute Gasteiger partial charge is 0.472 e. The van der Waals surface area contributed by atoms with Crippen LogP contribution in [0, 0.1) is 17.8 Å². The van der Waals surface area contributed by atoms with Crippen molar-refractivity contribution in [2.24, 2.45) is 17.8 Å². The summed E-state index contributed by atoms with van der Waals surface area (Å²) in [7, 11) is -9.92. The van der Waals surface area contributed by atoms with Crippen LogP contribution in [0.5, 0.6) is 0 Å². The zero-order valence-corrected chi connectivity index (χ0v) is 68.2. The van der Waals surface area contributed by atoms with Crippen LogP contribution >= 0.6 is 15.6 Å². The van der Waals surface area contributed by atoms with Gasteiger partial charge in [0.2, 0.25) is 0 Å². The quantitative estimate of drug-likeness (QED) is 0.0222. The molecule has 0 aliphatic carbocycles. The first-order valence-corrected chi connectivity index (χ1v) is 45.4. The summed E-state index contributed by atoms with van der Waals surface area (Å²) in [6.45, 7) is 12.0. The number of hydrogen-bond donors (Lipinski definition) is 3. The maximum absolute atomic E-state index is 13.1. The molecule has 0 aromatic heterocycles. The first-order valence-electron chi connectivity index (χ1n) is 42.4. The van der Waals surface area contributed by atoms with Crippen LogP contribution in [0.25, 0.3) is 0 Å². The highest BCUT2D eigenvalue weighted by Crippen LogP contribution is 2.45. The average Bonchev–Trinajstić information content (AvgIpc) is 0.918. The van der Waals surface area contributed by atoms with Gasteiger partial charge in [0.05, 0.1) is 26.4 Å². The standard InChI is InChI=1S/C82H160O17P2/c1-8-10-11-12-13-14-15-16-17-18-19-20-21-22-23-26-37-44-51-58-65-81(86)98-77(69-92-79(84)63-56-49-42-35-27-24-25-32-39-46-53-60-73(3)4)71-96-100(88,89)94-67-76(83)68-95-101(90,91)97-72-78(70-93-80(85)64-57-50-43-36-30-28-33-40-47-54-61-74(5)6)99-82(87)66-59-52-45-38-31-29-34-41-48-55-62-75(7)9-2/h73-78,83H,8-72H2,1-7H3,(H,88,89)(H,90,91)/t75?,76-,77-,78-/m1/s1. The number of hydrogen-bond acceptors (Lipinski definition) is 15. The van der Waals surface area contributed by atoms with E-state index in [1.165, 1.54) is 238 Å². The van der Waals surface area contributed by atoms with E-state index in [-0.39, 0.29) is 25.7 Å². The number of aliphatic hydroxyl groups is 1. The Bertz CT molecular complexity index is 1960. The van der Waals surface area contributed by atoms with Crippen LogP contribution in [0.2, 0.25) is 0 Å². The van der Waals surface area contributed by atoms with Crippen LogP contribution < -0.4 is 0 Å². The number of unbranched alkanes of at least 4 members (excludes halogenated alkanes) is 47. The van der Waals surface area contributed by atoms with Crippen LogP contribution in [-0.2, 0) is 65.4 Å². The third-order valence-electron chi connectivity index (χ3n) is 19.5. The molecule has 600 valence electrons. The van der Waals surface area contributed by atoms with Crippen molar-refractivity contribution in [2.45, 2.75) is 446 Å². The normalized spacial score (nSPS) is 14.2. The van der Waals surface area contributed by atoms with Crippen molar-refractivity contribution in [2.75, 3.05) is 39.6 Å². The Kier molecular flexibility index (Phi) is 70.9. The second kappa shape index (κ2) is 72.3. The van der Waals surface area contributed by atoms with E-state index in [4.69, 9.17) is 37.0 Å². The molecular formula is C82H160O17P2. The molecule has 101 heavy (non-hydrogen) atoms. The molecule has 0 saturated heterocycles. The molecule has 0 fully saturated rings. The number of phosphoric acid groups is 2. The number of esters is 4. The van der Waals surface area contributed by atoms with Gasteiger partial charge in [-0.1, -0.05) is 376 Å². The van der Waals surface area contributed by atoms with Crippen molar-refractivity contribution in [1.29, 1.82) is 0 Å². The molecule has 0 aliphatic heterocycles. The van der Waals surface area contributed by atoms with E-state index in [2.05, 4.69) is 48.5 Å². The highest BCUT2D eigenvalue weighted by atomic mass is 31.2. The molecule has 0 amide bonds. The first-order chi connectivity index (χ1) is 48.8. The summed E-state index contributed by atoms with van der Waals surface area (Å²) in [5.74, 6) is 0.223. The Morgan fingerprint density at radius 2 is 0.505 bits per heavy atom. The van der Waals surface area contributed by atoms with E-state index < -0.39 is 97.5 Å². The lowest BCUT2D eigenvalue weighted by molar-refractivity contribution is -0.161. The van der Waals surface area contributed by atoms with Crippen LogP contribution in [0.1, 0.15) is 427 Å². The van der Waals surface area contributed by atoms with Gasteiger partial charge in [0, 0.05) is 25.7 Å². The summed E-state index contributed by atoms with van der Waals surface area (Å²) in [6, 6.07) is 0. The molecule has 19 heteroatoms. The zero-order chi connectivity index (χ0) is 74.4. The Balaban J connectivity index is 5.26. The second-order valence-electron chi connectivity index (χ2n) is 30.7. The molecule has 0 rings (SSSR count). The Morgan fingerprint density at radius 3 is 0.752 bits per heavy atom. The highest BCUT2D eigenvalue weighted by molar-refractivity contribution is 7.47. The van der Waals surface area contributed by atoms with Crippen LogP contribution in [0.3, 0.4) is 0 Å². The van der Waals surface area contributed by atoms with Crippen molar-refractivity contribution in [3.05, 3.63) is 0 Å². The summed E-state index contributed by atoms with van der Waals surface area (Å²) < 4.78 is 68.8. The Morgan fingerprint density at radius 1 is 0.287 bits per heavy atom. The molecular weight excluding hydrogens is 1320 g/mol. The lowest BCUT2D eigenvalue weighted by Gasteiger charge is -2.21. The summed E-state index contributed by atoms with van der Waals surface area (Å²) in [4.78, 5) is 73.1. The fraction of sp³-hybridized carbons (Fsp3) is 0.951. The summed E-state index contributed by atoms with van der Waals surface area (Å²) in [5.41, 5.74) is 0. The van der Waals surface area contributed by atoms with Crippen LogP contribution in [-0.4, -0.2) is 96.7 Å². The molecule has 3 unspecified atom stereocenters. The van der Waals surface area contributed by atoms with Gasteiger partial charge in [0.25, 0.3) is 0 Å². The van der Waals surface area contributed by atoms with Gasteiger partial charge in [-0.3, -0.25) is 37.3 Å². The minimum atomic E-state index is -4.96. The molecule has 0 aromatic carbocycles. The van der Waals surface area contributed by atoms with Gasteiger partial charge in [-0.2, -0.15) is 0 Å². The van der Waals surface area contributed by atoms with Crippen molar-refractivity contribution >= 4 is 39.5 Å². The van der Waals surface area contributed by atoms with Crippen LogP contribution in [0.15, 0.2) is 0 Å². The Hall–Kier alpha value is -1.94. The second-order valence-corrected chi connectivity index (χ2v) is 33.6. The van der Waals surface area contributed by atoms with Gasteiger partial charge in [-0.05, 0) is 43.4 Å². The third-order valence-corrected chi connectivity index (χ3v) is 21.4. The fourth-order valence-corrected chi connectivity index (χ4v) is 14.2. The highest BCUT2D eigenvalue weighted by Gasteiger charge is 2.30. The number of aliphatic hydroxyl groups excluding tert-OH is 1. The van der Waals surface area contributed by atoms with Gasteiger partial charge in [-0.25, -0.2) is 9.13 Å². The van der Waals surface area contributed by atoms with Crippen molar-refractivity contribution < 1.29 is 80.2 Å². The number of carbonyl (C=O) groups is 4. The van der Waals surface area contributed by atoms with Gasteiger partial charge in [0.1, 0.15) is 19.3 Å².